The van der Waals surface area contributed by atoms with Crippen molar-refractivity contribution in [3.8, 4) is 0 Å². The van der Waals surface area contributed by atoms with Crippen molar-refractivity contribution in [3.63, 3.8) is 0 Å². The maximum absolute atomic E-state index is 4.72. The van der Waals surface area contributed by atoms with Crippen LogP contribution in [0.5, 0.6) is 0 Å². The standard InChI is InChI=1S/C22H27N3.ClH/c1-15(2)13-25-17(4)16(3)21-22(25)20(9-11-23-21)24-12-10-18-7-5-6-8-19(18)14-24;/h5-9,11,15H,10,12-14H2,1-4H3;1H. The molecule has 0 fully saturated rings. The fourth-order valence-corrected chi connectivity index (χ4v) is 4.08. The van der Waals surface area contributed by atoms with E-state index in [1.807, 2.05) is 6.20 Å². The van der Waals surface area contributed by atoms with Gasteiger partial charge in [-0.1, -0.05) is 38.1 Å². The van der Waals surface area contributed by atoms with Crippen molar-refractivity contribution in [1.29, 1.82) is 0 Å². The van der Waals surface area contributed by atoms with Crippen LogP contribution in [0.2, 0.25) is 0 Å². The summed E-state index contributed by atoms with van der Waals surface area (Å²) >= 11 is 0. The molecule has 138 valence electrons. The maximum atomic E-state index is 4.72. The van der Waals surface area contributed by atoms with Gasteiger partial charge in [0.25, 0.3) is 0 Å². The third kappa shape index (κ3) is 3.09. The lowest BCUT2D eigenvalue weighted by atomic mass is 9.99. The van der Waals surface area contributed by atoms with Crippen molar-refractivity contribution in [1.82, 2.24) is 9.55 Å². The van der Waals surface area contributed by atoms with Gasteiger partial charge in [0.05, 0.1) is 16.7 Å². The highest BCUT2D eigenvalue weighted by molar-refractivity contribution is 5.92. The lowest BCUT2D eigenvalue weighted by Gasteiger charge is -2.31. The second kappa shape index (κ2) is 7.32. The summed E-state index contributed by atoms with van der Waals surface area (Å²) in [6.45, 7) is 12.1. The van der Waals surface area contributed by atoms with Crippen LogP contribution in [-0.4, -0.2) is 16.1 Å². The molecule has 3 nitrogen and oxygen atoms in total. The van der Waals surface area contributed by atoms with Gasteiger partial charge >= 0.3 is 0 Å². The van der Waals surface area contributed by atoms with Gasteiger partial charge in [0.1, 0.15) is 0 Å². The molecule has 0 saturated heterocycles. The maximum Gasteiger partial charge on any atom is 0.0934 e. The van der Waals surface area contributed by atoms with Crippen molar-refractivity contribution in [3.05, 3.63) is 58.9 Å². The number of benzene rings is 1. The summed E-state index contributed by atoms with van der Waals surface area (Å²) in [6, 6.07) is 11.0. The van der Waals surface area contributed by atoms with Gasteiger partial charge in [0, 0.05) is 31.5 Å². The monoisotopic (exact) mass is 369 g/mol. The molecule has 0 amide bonds. The van der Waals surface area contributed by atoms with Crippen LogP contribution >= 0.6 is 12.4 Å². The highest BCUT2D eigenvalue weighted by atomic mass is 35.5. The van der Waals surface area contributed by atoms with Crippen LogP contribution in [0.4, 0.5) is 5.69 Å². The smallest absolute Gasteiger partial charge is 0.0934 e. The van der Waals surface area contributed by atoms with Gasteiger partial charge in [0.2, 0.25) is 0 Å². The molecule has 0 saturated carbocycles. The van der Waals surface area contributed by atoms with Crippen molar-refractivity contribution < 1.29 is 0 Å². The molecule has 26 heavy (non-hydrogen) atoms. The van der Waals surface area contributed by atoms with E-state index in [4.69, 9.17) is 4.98 Å². The van der Waals surface area contributed by atoms with Gasteiger partial charge in [-0.2, -0.15) is 0 Å². The summed E-state index contributed by atoms with van der Waals surface area (Å²) in [5.41, 5.74) is 9.41. The first-order valence-corrected chi connectivity index (χ1v) is 9.32. The van der Waals surface area contributed by atoms with E-state index in [0.717, 1.165) is 31.6 Å². The van der Waals surface area contributed by atoms with Crippen LogP contribution in [0.3, 0.4) is 0 Å². The second-order valence-corrected chi connectivity index (χ2v) is 7.68. The summed E-state index contributed by atoms with van der Waals surface area (Å²) in [7, 11) is 0. The van der Waals surface area contributed by atoms with E-state index in [9.17, 15) is 0 Å². The Labute approximate surface area is 162 Å². The first kappa shape index (κ1) is 18.8. The predicted molar refractivity (Wildman–Crippen MR) is 112 cm³/mol. The van der Waals surface area contributed by atoms with Gasteiger partial charge < -0.3 is 9.47 Å². The number of aromatic nitrogens is 2. The van der Waals surface area contributed by atoms with Crippen LogP contribution in [0, 0.1) is 19.8 Å². The summed E-state index contributed by atoms with van der Waals surface area (Å²) < 4.78 is 2.48. The van der Waals surface area contributed by atoms with Crippen LogP contribution in [0.15, 0.2) is 36.5 Å². The normalized spacial score (nSPS) is 13.8. The van der Waals surface area contributed by atoms with E-state index in [0.29, 0.717) is 5.92 Å². The molecule has 4 rings (SSSR count). The molecular formula is C22H28ClN3. The quantitative estimate of drug-likeness (QED) is 0.625. The Kier molecular flexibility index (Phi) is 5.29. The average Bonchev–Trinajstić information content (AvgIpc) is 2.86. The minimum atomic E-state index is 0. The summed E-state index contributed by atoms with van der Waals surface area (Å²) in [4.78, 5) is 7.25. The highest BCUT2D eigenvalue weighted by Gasteiger charge is 2.22. The Morgan fingerprint density at radius 2 is 1.81 bits per heavy atom. The topological polar surface area (TPSA) is 21.1 Å². The molecule has 0 aliphatic carbocycles. The third-order valence-electron chi connectivity index (χ3n) is 5.49. The first-order chi connectivity index (χ1) is 12.1. The fourth-order valence-electron chi connectivity index (χ4n) is 4.08. The lowest BCUT2D eigenvalue weighted by molar-refractivity contribution is 0.526. The number of anilines is 1. The molecule has 0 atom stereocenters. The molecule has 0 bridgehead atoms. The molecular weight excluding hydrogens is 342 g/mol. The largest absolute Gasteiger partial charge is 0.365 e. The summed E-state index contributed by atoms with van der Waals surface area (Å²) in [5.74, 6) is 0.615. The Morgan fingerprint density at radius 1 is 1.08 bits per heavy atom. The van der Waals surface area contributed by atoms with Crippen LogP contribution in [0.25, 0.3) is 11.0 Å². The predicted octanol–water partition coefficient (Wildman–Crippen LogP) is 5.29. The fraction of sp³-hybridized carbons (Fsp3) is 0.409. The summed E-state index contributed by atoms with van der Waals surface area (Å²) in [6.07, 6.45) is 3.09. The molecule has 0 N–H and O–H groups in total. The minimum Gasteiger partial charge on any atom is -0.365 e. The summed E-state index contributed by atoms with van der Waals surface area (Å²) in [5, 5.41) is 0. The number of rotatable bonds is 3. The van der Waals surface area contributed by atoms with E-state index < -0.39 is 0 Å². The van der Waals surface area contributed by atoms with E-state index >= 15 is 0 Å². The molecule has 1 aromatic carbocycles. The molecule has 4 heteroatoms. The van der Waals surface area contributed by atoms with Crippen molar-refractivity contribution >= 4 is 29.1 Å². The highest BCUT2D eigenvalue weighted by Crippen LogP contribution is 2.34. The molecule has 0 unspecified atom stereocenters. The molecule has 3 aromatic rings. The number of pyridine rings is 1. The minimum absolute atomic E-state index is 0. The van der Waals surface area contributed by atoms with Crippen molar-refractivity contribution in [2.75, 3.05) is 11.4 Å². The molecule has 3 heterocycles. The Bertz CT molecular complexity index is 927. The molecule has 1 aliphatic heterocycles. The van der Waals surface area contributed by atoms with Crippen LogP contribution in [-0.2, 0) is 19.5 Å². The average molecular weight is 370 g/mol. The Balaban J connectivity index is 0.00000196. The van der Waals surface area contributed by atoms with Crippen LogP contribution in [0.1, 0.15) is 36.2 Å². The number of halogens is 1. The van der Waals surface area contributed by atoms with Gasteiger partial charge in [-0.25, -0.2) is 0 Å². The van der Waals surface area contributed by atoms with Gasteiger partial charge in [-0.15, -0.1) is 12.4 Å². The van der Waals surface area contributed by atoms with Crippen molar-refractivity contribution in [2.24, 2.45) is 5.92 Å². The van der Waals surface area contributed by atoms with Crippen molar-refractivity contribution in [2.45, 2.75) is 47.2 Å². The van der Waals surface area contributed by atoms with E-state index in [2.05, 4.69) is 67.5 Å². The van der Waals surface area contributed by atoms with Gasteiger partial charge in [-0.3, -0.25) is 4.98 Å². The molecule has 0 radical (unpaired) electrons. The Morgan fingerprint density at radius 3 is 2.54 bits per heavy atom. The number of aryl methyl sites for hydroxylation is 1. The first-order valence-electron chi connectivity index (χ1n) is 9.32. The molecule has 0 spiro atoms. The van der Waals surface area contributed by atoms with E-state index in [-0.39, 0.29) is 12.4 Å². The van der Waals surface area contributed by atoms with Gasteiger partial charge in [0.15, 0.2) is 0 Å². The zero-order chi connectivity index (χ0) is 17.6. The number of hydrogen-bond donors (Lipinski definition) is 0. The lowest BCUT2D eigenvalue weighted by Crippen LogP contribution is -2.30. The van der Waals surface area contributed by atoms with E-state index in [1.54, 1.807) is 0 Å². The number of nitrogens with zero attached hydrogens (tertiary/aromatic N) is 3. The van der Waals surface area contributed by atoms with Gasteiger partial charge in [-0.05, 0) is 48.9 Å². The SMILES string of the molecule is Cc1c(C)n(CC(C)C)c2c(N3CCc4ccccc4C3)ccnc12.Cl. The van der Waals surface area contributed by atoms with E-state index in [1.165, 1.54) is 33.6 Å². The Hall–Kier alpha value is -2.00. The zero-order valence-corrected chi connectivity index (χ0v) is 16.9. The second-order valence-electron chi connectivity index (χ2n) is 7.68. The molecule has 2 aromatic heterocycles. The number of hydrogen-bond acceptors (Lipinski definition) is 2. The van der Waals surface area contributed by atoms with Crippen LogP contribution < -0.4 is 4.90 Å². The molecule has 1 aliphatic rings. The zero-order valence-electron chi connectivity index (χ0n) is 16.1. The third-order valence-corrected chi connectivity index (χ3v) is 5.49. The number of fused-ring (bicyclic) bond motifs is 2.